The number of hydrazone groups is 1. The van der Waals surface area contributed by atoms with Crippen LogP contribution in [0.4, 0.5) is 5.69 Å². The van der Waals surface area contributed by atoms with Gasteiger partial charge in [-0.25, -0.2) is 0 Å². The summed E-state index contributed by atoms with van der Waals surface area (Å²) in [6.07, 6.45) is 3.87. The van der Waals surface area contributed by atoms with Crippen LogP contribution in [0.5, 0.6) is 0 Å². The molecule has 0 spiro atoms. The quantitative estimate of drug-likeness (QED) is 0.876. The molecule has 0 aliphatic carbocycles. The van der Waals surface area contributed by atoms with E-state index in [2.05, 4.69) is 17.4 Å². The summed E-state index contributed by atoms with van der Waals surface area (Å²) in [5, 5.41) is 15.0. The molecule has 3 rings (SSSR count). The van der Waals surface area contributed by atoms with Gasteiger partial charge in [0.1, 0.15) is 0 Å². The molecule has 1 aliphatic heterocycles. The Morgan fingerprint density at radius 1 is 1.15 bits per heavy atom. The van der Waals surface area contributed by atoms with E-state index in [1.165, 1.54) is 5.56 Å². The van der Waals surface area contributed by atoms with E-state index in [-0.39, 0.29) is 0 Å². The third-order valence-corrected chi connectivity index (χ3v) is 3.97. The summed E-state index contributed by atoms with van der Waals surface area (Å²) in [6, 6.07) is 15.9. The fraction of sp³-hybridized carbons (Fsp3) is 0.133. The Bertz CT molecular complexity index is 647. The first-order valence-corrected chi connectivity index (χ1v) is 7.87. The number of hydrogen-bond donors (Lipinski definition) is 1. The van der Waals surface area contributed by atoms with E-state index >= 15 is 0 Å². The zero-order valence-corrected chi connectivity index (χ0v) is 12.0. The minimum Gasteiger partial charge on any atom is -0.427 e. The maximum Gasteiger partial charge on any atom is 0.471 e. The van der Waals surface area contributed by atoms with Crippen molar-refractivity contribution >= 4 is 36.2 Å². The van der Waals surface area contributed by atoms with Gasteiger partial charge in [0.2, 0.25) is 0 Å². The minimum absolute atomic E-state index is 0.737. The van der Waals surface area contributed by atoms with Gasteiger partial charge in [-0.15, -0.1) is 0 Å². The fourth-order valence-corrected chi connectivity index (χ4v) is 2.94. The number of rotatable bonds is 3. The van der Waals surface area contributed by atoms with Crippen LogP contribution in [0, 0.1) is 0 Å². The van der Waals surface area contributed by atoms with Gasteiger partial charge in [-0.05, 0) is 28.9 Å². The van der Waals surface area contributed by atoms with Crippen molar-refractivity contribution in [2.45, 2.75) is 5.75 Å². The van der Waals surface area contributed by atoms with Crippen LogP contribution in [-0.2, 0) is 5.75 Å². The molecular weight excluding hydrogens is 267 g/mol. The molecule has 100 valence electrons. The van der Waals surface area contributed by atoms with E-state index < -0.39 is 7.05 Å². The van der Waals surface area contributed by atoms with Crippen LogP contribution in [0.3, 0.4) is 0 Å². The Morgan fingerprint density at radius 3 is 2.75 bits per heavy atom. The number of fused-ring (bicyclic) bond motifs is 1. The van der Waals surface area contributed by atoms with Gasteiger partial charge in [-0.1, -0.05) is 42.5 Å². The molecule has 0 amide bonds. The Morgan fingerprint density at radius 2 is 1.90 bits per heavy atom. The van der Waals surface area contributed by atoms with Crippen LogP contribution >= 0.6 is 11.8 Å². The Hall–Kier alpha value is -1.72. The van der Waals surface area contributed by atoms with E-state index in [1.807, 2.05) is 42.5 Å². The van der Waals surface area contributed by atoms with Crippen LogP contribution in [0.15, 0.2) is 53.6 Å². The molecule has 20 heavy (non-hydrogen) atoms. The molecule has 1 N–H and O–H groups in total. The molecule has 1 heterocycles. The van der Waals surface area contributed by atoms with Gasteiger partial charge < -0.3 is 5.02 Å². The minimum atomic E-state index is -0.737. The Kier molecular flexibility index (Phi) is 3.80. The van der Waals surface area contributed by atoms with Gasteiger partial charge in [0.05, 0.1) is 11.9 Å². The van der Waals surface area contributed by atoms with E-state index in [0.717, 1.165) is 22.5 Å². The first-order chi connectivity index (χ1) is 9.81. The molecule has 0 atom stereocenters. The molecule has 1 aliphatic rings. The van der Waals surface area contributed by atoms with Crippen molar-refractivity contribution < 1.29 is 5.02 Å². The van der Waals surface area contributed by atoms with E-state index in [0.29, 0.717) is 0 Å². The molecule has 5 heteroatoms. The average molecular weight is 282 g/mol. The maximum absolute atomic E-state index is 10.6. The van der Waals surface area contributed by atoms with E-state index in [9.17, 15) is 5.02 Å². The lowest BCUT2D eigenvalue weighted by Crippen LogP contribution is -2.50. The summed E-state index contributed by atoms with van der Waals surface area (Å²) in [4.78, 5) is 1.69. The maximum atomic E-state index is 10.6. The molecule has 0 fully saturated rings. The normalized spacial score (nSPS) is 13.5. The lowest BCUT2D eigenvalue weighted by molar-refractivity contribution is 0.578. The van der Waals surface area contributed by atoms with Gasteiger partial charge in [-0.3, -0.25) is 4.92 Å². The topological polar surface area (TPSA) is 35.8 Å². The van der Waals surface area contributed by atoms with Crippen LogP contribution in [-0.4, -0.2) is 24.5 Å². The van der Waals surface area contributed by atoms with Crippen molar-refractivity contribution in [2.75, 3.05) is 11.2 Å². The van der Waals surface area contributed by atoms with Crippen LogP contribution in [0.2, 0.25) is 0 Å². The smallest absolute Gasteiger partial charge is 0.427 e. The van der Waals surface area contributed by atoms with E-state index in [1.54, 1.807) is 22.9 Å². The van der Waals surface area contributed by atoms with E-state index in [4.69, 9.17) is 0 Å². The first-order valence-electron chi connectivity index (χ1n) is 6.48. The number of anilines is 1. The molecule has 0 radical (unpaired) electrons. The molecule has 0 unspecified atom stereocenters. The van der Waals surface area contributed by atoms with Gasteiger partial charge in [0.25, 0.3) is 0 Å². The van der Waals surface area contributed by atoms with Crippen molar-refractivity contribution in [3.05, 3.63) is 59.7 Å². The largest absolute Gasteiger partial charge is 0.471 e. The van der Waals surface area contributed by atoms with Crippen molar-refractivity contribution in [1.29, 1.82) is 0 Å². The molecule has 0 bridgehead atoms. The second-order valence-corrected chi connectivity index (χ2v) is 5.52. The van der Waals surface area contributed by atoms with Crippen LogP contribution in [0.25, 0.3) is 0 Å². The van der Waals surface area contributed by atoms with Gasteiger partial charge >= 0.3 is 7.05 Å². The summed E-state index contributed by atoms with van der Waals surface area (Å²) < 4.78 is 0. The fourth-order valence-electron chi connectivity index (χ4n) is 2.39. The summed E-state index contributed by atoms with van der Waals surface area (Å²) >= 11 is 1.76. The van der Waals surface area contributed by atoms with Crippen molar-refractivity contribution in [3.8, 4) is 0 Å². The third-order valence-electron chi connectivity index (χ3n) is 3.37. The summed E-state index contributed by atoms with van der Waals surface area (Å²) in [6.45, 7) is 0. The number of thioether (sulfide) groups is 1. The number of hydrogen-bond acceptors (Lipinski definition) is 4. The lowest BCUT2D eigenvalue weighted by atomic mass is 9.69. The van der Waals surface area contributed by atoms with Gasteiger partial charge in [-0.2, -0.15) is 16.9 Å². The predicted molar refractivity (Wildman–Crippen MR) is 87.8 cm³/mol. The SMILES string of the molecule is CSCc1ccccc1N1N=Cc2ccccc2B1O. The monoisotopic (exact) mass is 282 g/mol. The highest BCUT2D eigenvalue weighted by molar-refractivity contribution is 7.97. The van der Waals surface area contributed by atoms with Crippen LogP contribution < -0.4 is 10.4 Å². The molecule has 0 saturated carbocycles. The molecule has 0 saturated heterocycles. The second-order valence-electron chi connectivity index (χ2n) is 4.65. The molecule has 3 nitrogen and oxygen atoms in total. The number of nitrogens with zero attached hydrogens (tertiary/aromatic N) is 2. The molecule has 2 aromatic carbocycles. The number of para-hydroxylation sites is 1. The molecule has 0 aromatic heterocycles. The molecule has 2 aromatic rings. The Balaban J connectivity index is 2.01. The highest BCUT2D eigenvalue weighted by Crippen LogP contribution is 2.25. The highest BCUT2D eigenvalue weighted by atomic mass is 32.2. The van der Waals surface area contributed by atoms with Crippen molar-refractivity contribution in [3.63, 3.8) is 0 Å². The average Bonchev–Trinajstić information content (AvgIpc) is 2.49. The third kappa shape index (κ3) is 2.34. The van der Waals surface area contributed by atoms with Crippen molar-refractivity contribution in [2.24, 2.45) is 5.10 Å². The second kappa shape index (κ2) is 5.73. The first kappa shape index (κ1) is 13.3. The zero-order valence-electron chi connectivity index (χ0n) is 11.2. The van der Waals surface area contributed by atoms with Crippen molar-refractivity contribution in [1.82, 2.24) is 0 Å². The van der Waals surface area contributed by atoms with Gasteiger partial charge in [0, 0.05) is 5.75 Å². The van der Waals surface area contributed by atoms with Gasteiger partial charge in [0.15, 0.2) is 0 Å². The highest BCUT2D eigenvalue weighted by Gasteiger charge is 2.30. The standard InChI is InChI=1S/C15H15BN2OS/c1-20-11-13-7-3-5-9-15(13)18-16(19)14-8-4-2-6-12(14)10-17-18/h2-10,19H,11H2,1H3. The summed E-state index contributed by atoms with van der Waals surface area (Å²) in [7, 11) is -0.737. The summed E-state index contributed by atoms with van der Waals surface area (Å²) in [5.74, 6) is 0.899. The van der Waals surface area contributed by atoms with Crippen LogP contribution in [0.1, 0.15) is 11.1 Å². The lowest BCUT2D eigenvalue weighted by Gasteiger charge is -2.28. The summed E-state index contributed by atoms with van der Waals surface area (Å²) in [5.41, 5.74) is 4.00. The zero-order chi connectivity index (χ0) is 13.9. The predicted octanol–water partition coefficient (Wildman–Crippen LogP) is 2.09. The molecular formula is C15H15BN2OS. The Labute approximate surface area is 123 Å². The number of benzene rings is 2.